The summed E-state index contributed by atoms with van der Waals surface area (Å²) >= 11 is 6.37. The molecule has 212 valence electrons. The first-order valence-corrected chi connectivity index (χ1v) is 13.4. The van der Waals surface area contributed by atoms with E-state index in [9.17, 15) is 24.0 Å². The Morgan fingerprint density at radius 1 is 1.20 bits per heavy atom. The van der Waals surface area contributed by atoms with Crippen molar-refractivity contribution in [2.24, 2.45) is 5.41 Å². The zero-order valence-electron chi connectivity index (χ0n) is 22.9. The van der Waals surface area contributed by atoms with Crippen molar-refractivity contribution in [3.63, 3.8) is 0 Å². The van der Waals surface area contributed by atoms with Crippen molar-refractivity contribution in [2.45, 2.75) is 58.7 Å². The first-order valence-electron chi connectivity index (χ1n) is 13.0. The van der Waals surface area contributed by atoms with Crippen molar-refractivity contribution < 1.29 is 28.2 Å². The van der Waals surface area contributed by atoms with Crippen LogP contribution in [0.5, 0.6) is 5.75 Å². The van der Waals surface area contributed by atoms with Crippen LogP contribution in [0, 0.1) is 22.6 Å². The van der Waals surface area contributed by atoms with Gasteiger partial charge in [-0.1, -0.05) is 23.7 Å². The molecule has 0 bridgehead atoms. The lowest BCUT2D eigenvalue weighted by molar-refractivity contribution is -0.140. The molecule has 0 aromatic heterocycles. The molecular formula is C29H32ClFN4O5. The van der Waals surface area contributed by atoms with Gasteiger partial charge in [-0.3, -0.25) is 14.5 Å². The summed E-state index contributed by atoms with van der Waals surface area (Å²) in [6.07, 6.45) is -0.377. The predicted octanol–water partition coefficient (Wildman–Crippen LogP) is 5.32. The zero-order chi connectivity index (χ0) is 29.2. The van der Waals surface area contributed by atoms with E-state index in [1.165, 1.54) is 36.1 Å². The lowest BCUT2D eigenvalue weighted by Gasteiger charge is -2.41. The van der Waals surface area contributed by atoms with Crippen molar-refractivity contribution in [3.05, 3.63) is 52.8 Å². The normalized spacial score (nSPS) is 18.2. The maximum absolute atomic E-state index is 13.6. The van der Waals surface area contributed by atoms with Crippen molar-refractivity contribution in [1.82, 2.24) is 4.90 Å². The van der Waals surface area contributed by atoms with E-state index in [0.29, 0.717) is 38.0 Å². The van der Waals surface area contributed by atoms with Crippen molar-refractivity contribution in [2.75, 3.05) is 29.9 Å². The van der Waals surface area contributed by atoms with Gasteiger partial charge in [0.05, 0.1) is 34.4 Å². The summed E-state index contributed by atoms with van der Waals surface area (Å²) in [6.45, 7) is 7.10. The number of halogens is 2. The molecule has 1 atom stereocenters. The SMILES string of the molecule is CC(=O)Nc1cc2c(cc1Cl)N(C(=O)OC(C)(C)C)CC(C(=O)N1CCC(C#N)(Cc3ccc(F)cc3)CC1)O2. The molecule has 1 fully saturated rings. The van der Waals surface area contributed by atoms with Crippen molar-refractivity contribution in [1.29, 1.82) is 5.26 Å². The molecule has 4 rings (SSSR count). The third-order valence-electron chi connectivity index (χ3n) is 6.88. The fourth-order valence-electron chi connectivity index (χ4n) is 4.89. The molecule has 2 aliphatic heterocycles. The van der Waals surface area contributed by atoms with Crippen LogP contribution in [0.15, 0.2) is 36.4 Å². The second-order valence-corrected chi connectivity index (χ2v) is 11.6. The highest BCUT2D eigenvalue weighted by atomic mass is 35.5. The highest BCUT2D eigenvalue weighted by Crippen LogP contribution is 2.41. The van der Waals surface area contributed by atoms with E-state index in [1.807, 2.05) is 0 Å². The Bertz CT molecular complexity index is 1340. The number of hydrogen-bond donors (Lipinski definition) is 1. The maximum atomic E-state index is 13.6. The predicted molar refractivity (Wildman–Crippen MR) is 148 cm³/mol. The summed E-state index contributed by atoms with van der Waals surface area (Å²) in [5.41, 5.74) is -0.00748. The number of hydrogen-bond acceptors (Lipinski definition) is 6. The number of ether oxygens (including phenoxy) is 2. The Hall–Kier alpha value is -3.84. The molecular weight excluding hydrogens is 539 g/mol. The summed E-state index contributed by atoms with van der Waals surface area (Å²) in [6, 6.07) is 11.5. The number of fused-ring (bicyclic) bond motifs is 1. The van der Waals surface area contributed by atoms with E-state index < -0.39 is 23.2 Å². The number of amides is 3. The standard InChI is InChI=1S/C29H32ClFN4O5/c1-18(36)33-22-14-24-23(13-21(22)30)35(27(38)40-28(2,3)4)16-25(39-24)26(37)34-11-9-29(17-32,10-12-34)15-19-5-7-20(31)8-6-19/h5-8,13-14,25H,9-12,15-16H2,1-4H3,(H,33,36). The molecule has 11 heteroatoms. The molecule has 2 aromatic carbocycles. The van der Waals surface area contributed by atoms with Crippen LogP contribution in [0.1, 0.15) is 46.1 Å². The molecule has 9 nitrogen and oxygen atoms in total. The number of benzene rings is 2. The van der Waals surface area contributed by atoms with Gasteiger partial charge in [-0.2, -0.15) is 5.26 Å². The van der Waals surface area contributed by atoms with Gasteiger partial charge in [-0.05, 0) is 63.8 Å². The monoisotopic (exact) mass is 570 g/mol. The van der Waals surface area contributed by atoms with Crippen LogP contribution in [0.2, 0.25) is 5.02 Å². The third-order valence-corrected chi connectivity index (χ3v) is 7.19. The Kier molecular flexibility index (Phi) is 8.26. The molecule has 40 heavy (non-hydrogen) atoms. The van der Waals surface area contributed by atoms with Gasteiger partial charge in [0.2, 0.25) is 5.91 Å². The number of rotatable bonds is 4. The summed E-state index contributed by atoms with van der Waals surface area (Å²) in [7, 11) is 0. The molecule has 2 aromatic rings. The molecule has 1 N–H and O–H groups in total. The van der Waals surface area contributed by atoms with E-state index in [2.05, 4.69) is 11.4 Å². The fraction of sp³-hybridized carbons (Fsp3) is 0.448. The number of carbonyl (C=O) groups excluding carboxylic acids is 3. The fourth-order valence-corrected chi connectivity index (χ4v) is 5.09. The minimum absolute atomic E-state index is 0.105. The molecule has 1 saturated heterocycles. The topological polar surface area (TPSA) is 112 Å². The second-order valence-electron chi connectivity index (χ2n) is 11.2. The molecule has 2 aliphatic rings. The minimum Gasteiger partial charge on any atom is -0.476 e. The van der Waals surface area contributed by atoms with Gasteiger partial charge in [0.15, 0.2) is 6.10 Å². The molecule has 0 aliphatic carbocycles. The van der Waals surface area contributed by atoms with E-state index in [4.69, 9.17) is 21.1 Å². The lowest BCUT2D eigenvalue weighted by Crippen LogP contribution is -2.54. The average Bonchev–Trinajstić information content (AvgIpc) is 2.88. The van der Waals surface area contributed by atoms with Gasteiger partial charge in [0, 0.05) is 26.1 Å². The summed E-state index contributed by atoms with van der Waals surface area (Å²) in [4.78, 5) is 41.4. The van der Waals surface area contributed by atoms with Gasteiger partial charge < -0.3 is 19.7 Å². The molecule has 0 saturated carbocycles. The molecule has 2 heterocycles. The van der Waals surface area contributed by atoms with Crippen LogP contribution in [-0.4, -0.2) is 54.1 Å². The number of carbonyl (C=O) groups is 3. The van der Waals surface area contributed by atoms with Gasteiger partial charge in [0.25, 0.3) is 5.91 Å². The summed E-state index contributed by atoms with van der Waals surface area (Å²) in [5, 5.41) is 12.8. The van der Waals surface area contributed by atoms with Crippen LogP contribution >= 0.6 is 11.6 Å². The number of anilines is 2. The summed E-state index contributed by atoms with van der Waals surface area (Å²) < 4.78 is 25.0. The third kappa shape index (κ3) is 6.65. The first-order chi connectivity index (χ1) is 18.8. The van der Waals surface area contributed by atoms with Crippen LogP contribution in [0.3, 0.4) is 0 Å². The highest BCUT2D eigenvalue weighted by Gasteiger charge is 2.42. The number of likely N-dealkylation sites (tertiary alicyclic amines) is 1. The molecule has 0 radical (unpaired) electrons. The summed E-state index contributed by atoms with van der Waals surface area (Å²) in [5.74, 6) is -0.813. The smallest absolute Gasteiger partial charge is 0.415 e. The van der Waals surface area contributed by atoms with Crippen LogP contribution < -0.4 is 15.0 Å². The first kappa shape index (κ1) is 29.2. The Labute approximate surface area is 237 Å². The largest absolute Gasteiger partial charge is 0.476 e. The number of piperidine rings is 1. The average molecular weight is 571 g/mol. The van der Waals surface area contributed by atoms with E-state index in [-0.39, 0.29) is 40.6 Å². The van der Waals surface area contributed by atoms with Gasteiger partial charge in [-0.25, -0.2) is 9.18 Å². The Balaban J connectivity index is 1.54. The van der Waals surface area contributed by atoms with Crippen LogP contribution in [0.4, 0.5) is 20.6 Å². The van der Waals surface area contributed by atoms with Crippen LogP contribution in [-0.2, 0) is 20.7 Å². The maximum Gasteiger partial charge on any atom is 0.415 e. The van der Waals surface area contributed by atoms with Crippen molar-refractivity contribution >= 4 is 40.9 Å². The highest BCUT2D eigenvalue weighted by molar-refractivity contribution is 6.34. The second kappa shape index (κ2) is 11.3. The molecule has 3 amide bonds. The number of nitrogens with zero attached hydrogens (tertiary/aromatic N) is 3. The van der Waals surface area contributed by atoms with Crippen LogP contribution in [0.25, 0.3) is 0 Å². The van der Waals surface area contributed by atoms with Gasteiger partial charge in [-0.15, -0.1) is 0 Å². The van der Waals surface area contributed by atoms with Gasteiger partial charge >= 0.3 is 6.09 Å². The molecule has 1 unspecified atom stereocenters. The van der Waals surface area contributed by atoms with Crippen molar-refractivity contribution in [3.8, 4) is 11.8 Å². The molecule has 0 spiro atoms. The van der Waals surface area contributed by atoms with E-state index in [0.717, 1.165) is 5.56 Å². The Morgan fingerprint density at radius 2 is 1.85 bits per heavy atom. The van der Waals surface area contributed by atoms with E-state index >= 15 is 0 Å². The van der Waals surface area contributed by atoms with E-state index in [1.54, 1.807) is 37.8 Å². The Morgan fingerprint density at radius 3 is 2.42 bits per heavy atom. The minimum atomic E-state index is -1.04. The number of nitrogens with one attached hydrogen (secondary N) is 1. The lowest BCUT2D eigenvalue weighted by atomic mass is 9.75. The quantitative estimate of drug-likeness (QED) is 0.533. The number of nitriles is 1. The zero-order valence-corrected chi connectivity index (χ0v) is 23.7. The van der Waals surface area contributed by atoms with Gasteiger partial charge in [0.1, 0.15) is 17.2 Å².